The van der Waals surface area contributed by atoms with Crippen LogP contribution in [-0.2, 0) is 7.05 Å². The average molecular weight is 530 g/mol. The van der Waals surface area contributed by atoms with Crippen molar-refractivity contribution in [3.05, 3.63) is 108 Å². The van der Waals surface area contributed by atoms with Crippen molar-refractivity contribution in [3.63, 3.8) is 0 Å². The highest BCUT2D eigenvalue weighted by molar-refractivity contribution is 6.88. The maximum absolute atomic E-state index is 2.50. The van der Waals surface area contributed by atoms with Crippen LogP contribution in [0.25, 0.3) is 33.1 Å². The van der Waals surface area contributed by atoms with Gasteiger partial charge in [-0.1, -0.05) is 111 Å². The molecular formula is C36H41N2Si+. The Morgan fingerprint density at radius 1 is 0.821 bits per heavy atom. The second kappa shape index (κ2) is 9.06. The summed E-state index contributed by atoms with van der Waals surface area (Å²) in [5, 5.41) is 4.10. The largest absolute Gasteiger partial charge is 0.304 e. The summed E-state index contributed by atoms with van der Waals surface area (Å²) in [7, 11) is 0.852. The second-order valence-electron chi connectivity index (χ2n) is 13.5. The fraction of sp³-hybridized carbons (Fsp3) is 0.306. The third kappa shape index (κ3) is 4.28. The van der Waals surface area contributed by atoms with Crippen molar-refractivity contribution < 1.29 is 4.57 Å². The lowest BCUT2D eigenvalue weighted by molar-refractivity contribution is -0.672. The first kappa shape index (κ1) is 25.8. The van der Waals surface area contributed by atoms with E-state index in [2.05, 4.69) is 155 Å². The van der Waals surface area contributed by atoms with Crippen LogP contribution in [-0.4, -0.2) is 12.6 Å². The number of aromatic nitrogens is 2. The Hall–Kier alpha value is -3.43. The van der Waals surface area contributed by atoms with Crippen LogP contribution in [0.3, 0.4) is 0 Å². The molecule has 0 saturated carbocycles. The normalized spacial score (nSPS) is 19.6. The average Bonchev–Trinajstić information content (AvgIpc) is 3.20. The van der Waals surface area contributed by atoms with E-state index >= 15 is 0 Å². The predicted molar refractivity (Wildman–Crippen MR) is 170 cm³/mol. The van der Waals surface area contributed by atoms with Crippen molar-refractivity contribution in [2.45, 2.75) is 47.3 Å². The lowest BCUT2D eigenvalue weighted by Crippen LogP contribution is -2.37. The molecule has 0 aliphatic heterocycles. The van der Waals surface area contributed by atoms with Gasteiger partial charge < -0.3 is 4.57 Å². The van der Waals surface area contributed by atoms with Gasteiger partial charge in [0.05, 0.1) is 13.6 Å². The molecule has 2 aromatic heterocycles. The Kier molecular flexibility index (Phi) is 6.00. The molecule has 3 heteroatoms. The van der Waals surface area contributed by atoms with Gasteiger partial charge >= 0.3 is 0 Å². The summed E-state index contributed by atoms with van der Waals surface area (Å²) in [5.74, 6) is 0.847. The Labute approximate surface area is 234 Å². The molecule has 0 bridgehead atoms. The van der Waals surface area contributed by atoms with Gasteiger partial charge in [0.15, 0.2) is 6.20 Å². The molecule has 0 N–H and O–H groups in total. The van der Waals surface area contributed by atoms with Gasteiger partial charge in [0.1, 0.15) is 12.6 Å². The molecule has 2 aliphatic carbocycles. The molecule has 0 fully saturated rings. The van der Waals surface area contributed by atoms with Crippen LogP contribution in [0.5, 0.6) is 0 Å². The Balaban J connectivity index is 1.58. The quantitative estimate of drug-likeness (QED) is 0.187. The third-order valence-corrected chi connectivity index (χ3v) is 10.8. The second-order valence-corrected chi connectivity index (χ2v) is 18.6. The van der Waals surface area contributed by atoms with Crippen molar-refractivity contribution in [1.82, 2.24) is 4.57 Å². The number of nitrogens with zero attached hydrogens (tertiary/aromatic N) is 2. The number of benzene rings is 2. The predicted octanol–water partition coefficient (Wildman–Crippen LogP) is 8.27. The van der Waals surface area contributed by atoms with E-state index < -0.39 is 8.07 Å². The number of rotatable bonds is 3. The molecule has 6 rings (SSSR count). The first-order valence-electron chi connectivity index (χ1n) is 14.3. The van der Waals surface area contributed by atoms with E-state index in [1.54, 1.807) is 0 Å². The number of pyridine rings is 1. The highest BCUT2D eigenvalue weighted by Crippen LogP contribution is 2.47. The molecule has 0 saturated heterocycles. The molecule has 39 heavy (non-hydrogen) atoms. The number of para-hydroxylation sites is 1. The standard InChI is InChI=1S/C36H41N2Si/c1-24-27-13-9-10-14-28(27)32(36(2,3)4)21-30(24)34-22-31-29-15-11-12-16-33(29)38(35(31)23-37(34)5)25-17-19-26(20-18-25)39(6,7)8/h9-23,27-28H,1-8H3/q+1. The van der Waals surface area contributed by atoms with Gasteiger partial charge in [0.25, 0.3) is 0 Å². The maximum atomic E-state index is 2.50. The fourth-order valence-corrected chi connectivity index (χ4v) is 7.73. The molecule has 0 radical (unpaired) electrons. The Morgan fingerprint density at radius 2 is 1.49 bits per heavy atom. The lowest BCUT2D eigenvalue weighted by atomic mass is 9.66. The van der Waals surface area contributed by atoms with Gasteiger partial charge in [0.2, 0.25) is 5.69 Å². The monoisotopic (exact) mass is 529 g/mol. The topological polar surface area (TPSA) is 8.81 Å². The van der Waals surface area contributed by atoms with Crippen LogP contribution in [0.1, 0.15) is 33.4 Å². The number of hydrogen-bond acceptors (Lipinski definition) is 0. The summed E-state index contributed by atoms with van der Waals surface area (Å²) < 4.78 is 4.78. The fourth-order valence-electron chi connectivity index (χ4n) is 6.57. The van der Waals surface area contributed by atoms with Gasteiger partial charge in [-0.2, -0.15) is 4.57 Å². The summed E-state index contributed by atoms with van der Waals surface area (Å²) in [6, 6.07) is 20.6. The summed E-state index contributed by atoms with van der Waals surface area (Å²) in [6.45, 7) is 16.6. The molecule has 2 aromatic carbocycles. The Bertz CT molecular complexity index is 1730. The summed E-state index contributed by atoms with van der Waals surface area (Å²) in [5.41, 5.74) is 9.43. The SMILES string of the molecule is CC1=C(c2cc3c4ccccc4n(-c4ccc([Si](C)(C)C)cc4)c3c[n+]2C)C=C(C(C)(C)C)C2C=CC=CC12. The summed E-state index contributed by atoms with van der Waals surface area (Å²) in [4.78, 5) is 0. The molecule has 2 nitrogen and oxygen atoms in total. The molecule has 2 atom stereocenters. The van der Waals surface area contributed by atoms with E-state index in [-0.39, 0.29) is 5.41 Å². The molecule has 2 heterocycles. The van der Waals surface area contributed by atoms with Gasteiger partial charge in [-0.15, -0.1) is 0 Å². The van der Waals surface area contributed by atoms with E-state index in [1.165, 1.54) is 55.1 Å². The van der Waals surface area contributed by atoms with Crippen molar-refractivity contribution >= 4 is 40.6 Å². The van der Waals surface area contributed by atoms with Crippen LogP contribution < -0.4 is 9.75 Å². The zero-order valence-electron chi connectivity index (χ0n) is 24.7. The first-order valence-corrected chi connectivity index (χ1v) is 17.8. The zero-order valence-corrected chi connectivity index (χ0v) is 25.7. The maximum Gasteiger partial charge on any atom is 0.212 e. The van der Waals surface area contributed by atoms with Gasteiger partial charge in [-0.3, -0.25) is 0 Å². The van der Waals surface area contributed by atoms with E-state index in [9.17, 15) is 0 Å². The van der Waals surface area contributed by atoms with E-state index in [0.717, 1.165) is 0 Å². The van der Waals surface area contributed by atoms with Crippen LogP contribution in [0.2, 0.25) is 19.6 Å². The van der Waals surface area contributed by atoms with Crippen molar-refractivity contribution in [1.29, 1.82) is 0 Å². The smallest absolute Gasteiger partial charge is 0.212 e. The molecule has 2 unspecified atom stereocenters. The minimum Gasteiger partial charge on any atom is -0.304 e. The molecular weight excluding hydrogens is 488 g/mol. The molecule has 0 amide bonds. The number of hydrogen-bond donors (Lipinski definition) is 0. The van der Waals surface area contributed by atoms with Crippen molar-refractivity contribution in [3.8, 4) is 5.69 Å². The molecule has 2 aliphatic rings. The Morgan fingerprint density at radius 3 is 2.15 bits per heavy atom. The third-order valence-electron chi connectivity index (χ3n) is 8.78. The number of allylic oxidation sites excluding steroid dienone is 8. The highest BCUT2D eigenvalue weighted by Gasteiger charge is 2.36. The lowest BCUT2D eigenvalue weighted by Gasteiger charge is -2.38. The van der Waals surface area contributed by atoms with E-state index in [0.29, 0.717) is 11.8 Å². The van der Waals surface area contributed by atoms with Gasteiger partial charge in [-0.25, -0.2) is 0 Å². The van der Waals surface area contributed by atoms with Crippen molar-refractivity contribution in [2.24, 2.45) is 24.3 Å². The van der Waals surface area contributed by atoms with E-state index in [1.807, 2.05) is 0 Å². The minimum absolute atomic E-state index is 0.102. The number of fused-ring (bicyclic) bond motifs is 4. The number of aryl methyl sites for hydroxylation is 1. The van der Waals surface area contributed by atoms with Gasteiger partial charge in [-0.05, 0) is 36.6 Å². The molecule has 0 spiro atoms. The van der Waals surface area contributed by atoms with Crippen LogP contribution in [0.15, 0.2) is 102 Å². The minimum atomic E-state index is -1.36. The molecule has 4 aromatic rings. The van der Waals surface area contributed by atoms with E-state index in [4.69, 9.17) is 0 Å². The van der Waals surface area contributed by atoms with Crippen LogP contribution in [0, 0.1) is 17.3 Å². The summed E-state index contributed by atoms with van der Waals surface area (Å²) in [6.07, 6.45) is 14.1. The van der Waals surface area contributed by atoms with Gasteiger partial charge in [0, 0.05) is 39.9 Å². The first-order chi connectivity index (χ1) is 18.4. The highest BCUT2D eigenvalue weighted by atomic mass is 28.3. The molecule has 198 valence electrons. The summed E-state index contributed by atoms with van der Waals surface area (Å²) >= 11 is 0. The van der Waals surface area contributed by atoms with Crippen LogP contribution >= 0.6 is 0 Å². The van der Waals surface area contributed by atoms with Crippen molar-refractivity contribution in [2.75, 3.05) is 0 Å². The van der Waals surface area contributed by atoms with Crippen LogP contribution in [0.4, 0.5) is 0 Å². The zero-order chi connectivity index (χ0) is 27.7.